The number of amides is 1. The first kappa shape index (κ1) is 13.9. The fourth-order valence-electron chi connectivity index (χ4n) is 0.894. The van der Waals surface area contributed by atoms with Gasteiger partial charge in [-0.3, -0.25) is 4.79 Å². The van der Waals surface area contributed by atoms with Crippen LogP contribution in [0, 0.1) is 0 Å². The van der Waals surface area contributed by atoms with Crippen LogP contribution in [-0.2, 0) is 14.8 Å². The van der Waals surface area contributed by atoms with Crippen molar-refractivity contribution in [3.05, 3.63) is 0 Å². The van der Waals surface area contributed by atoms with Gasteiger partial charge >= 0.3 is 0 Å². The van der Waals surface area contributed by atoms with Crippen LogP contribution in [-0.4, -0.2) is 36.4 Å². The SMILES string of the molecule is CCCCN(CC(N)=O)S(=O)(=O)CBr. The van der Waals surface area contributed by atoms with Crippen LogP contribution < -0.4 is 5.73 Å². The quantitative estimate of drug-likeness (QED) is 0.682. The molecule has 5 nitrogen and oxygen atoms in total. The number of unbranched alkanes of at least 4 members (excludes halogenated alkanes) is 1. The lowest BCUT2D eigenvalue weighted by Gasteiger charge is -2.18. The van der Waals surface area contributed by atoms with Gasteiger partial charge in [-0.2, -0.15) is 4.31 Å². The van der Waals surface area contributed by atoms with Crippen LogP contribution in [0.4, 0.5) is 0 Å². The maximum atomic E-state index is 11.4. The van der Waals surface area contributed by atoms with E-state index >= 15 is 0 Å². The largest absolute Gasteiger partial charge is 0.369 e. The molecule has 0 radical (unpaired) electrons. The van der Waals surface area contributed by atoms with Crippen molar-refractivity contribution in [2.24, 2.45) is 5.73 Å². The zero-order chi connectivity index (χ0) is 11.2. The van der Waals surface area contributed by atoms with Crippen LogP contribution in [0.15, 0.2) is 0 Å². The van der Waals surface area contributed by atoms with E-state index in [9.17, 15) is 13.2 Å². The zero-order valence-corrected chi connectivity index (χ0v) is 10.5. The second kappa shape index (κ2) is 6.36. The fraction of sp³-hybridized carbons (Fsp3) is 0.857. The molecule has 0 aliphatic carbocycles. The number of alkyl halides is 1. The molecule has 0 rings (SSSR count). The molecule has 0 spiro atoms. The molecule has 0 bridgehead atoms. The van der Waals surface area contributed by atoms with Crippen LogP contribution in [0.5, 0.6) is 0 Å². The van der Waals surface area contributed by atoms with Gasteiger partial charge in [0.25, 0.3) is 0 Å². The Hall–Kier alpha value is -0.140. The summed E-state index contributed by atoms with van der Waals surface area (Å²) in [6.07, 6.45) is 1.59. The molecule has 14 heavy (non-hydrogen) atoms. The average molecular weight is 287 g/mol. The van der Waals surface area contributed by atoms with Crippen molar-refractivity contribution in [2.75, 3.05) is 17.8 Å². The summed E-state index contributed by atoms with van der Waals surface area (Å²) in [6.45, 7) is 2.05. The van der Waals surface area contributed by atoms with E-state index in [1.54, 1.807) is 0 Å². The third kappa shape index (κ3) is 4.92. The van der Waals surface area contributed by atoms with Gasteiger partial charge in [0.1, 0.15) is 4.66 Å². The molecule has 7 heteroatoms. The summed E-state index contributed by atoms with van der Waals surface area (Å²) in [5.74, 6) is -0.634. The van der Waals surface area contributed by atoms with Crippen molar-refractivity contribution in [2.45, 2.75) is 19.8 Å². The van der Waals surface area contributed by atoms with Crippen LogP contribution in [0.2, 0.25) is 0 Å². The first-order valence-electron chi connectivity index (χ1n) is 4.26. The number of hydrogen-bond donors (Lipinski definition) is 1. The topological polar surface area (TPSA) is 80.5 Å². The van der Waals surface area contributed by atoms with Crippen molar-refractivity contribution in [3.63, 3.8) is 0 Å². The van der Waals surface area contributed by atoms with Gasteiger partial charge in [-0.15, -0.1) is 0 Å². The van der Waals surface area contributed by atoms with Gasteiger partial charge in [-0.1, -0.05) is 29.3 Å². The minimum absolute atomic E-state index is 0.184. The predicted molar refractivity (Wildman–Crippen MR) is 58.4 cm³/mol. The van der Waals surface area contributed by atoms with Gasteiger partial charge in [0.05, 0.1) is 6.54 Å². The van der Waals surface area contributed by atoms with Crippen LogP contribution >= 0.6 is 15.9 Å². The Morgan fingerprint density at radius 2 is 2.07 bits per heavy atom. The minimum Gasteiger partial charge on any atom is -0.369 e. The molecule has 0 aliphatic heterocycles. The summed E-state index contributed by atoms with van der Waals surface area (Å²) < 4.78 is 23.7. The first-order chi connectivity index (χ1) is 6.44. The Morgan fingerprint density at radius 3 is 2.43 bits per heavy atom. The van der Waals surface area contributed by atoms with Crippen LogP contribution in [0.1, 0.15) is 19.8 Å². The molecule has 0 heterocycles. The van der Waals surface area contributed by atoms with E-state index in [1.807, 2.05) is 6.92 Å². The molecule has 0 unspecified atom stereocenters. The molecule has 84 valence electrons. The highest BCUT2D eigenvalue weighted by atomic mass is 79.9. The number of nitrogens with two attached hydrogens (primary N) is 1. The Morgan fingerprint density at radius 1 is 1.50 bits per heavy atom. The standard InChI is InChI=1S/C7H15BrN2O3S/c1-2-3-4-10(5-7(9)11)14(12,13)6-8/h2-6H2,1H3,(H2,9,11). The number of sulfonamides is 1. The van der Waals surface area contributed by atoms with Crippen molar-refractivity contribution in [1.82, 2.24) is 4.31 Å². The van der Waals surface area contributed by atoms with Crippen molar-refractivity contribution in [1.29, 1.82) is 0 Å². The number of rotatable bonds is 7. The van der Waals surface area contributed by atoms with Crippen LogP contribution in [0.3, 0.4) is 0 Å². The molecule has 0 aromatic heterocycles. The Bertz CT molecular complexity index is 279. The lowest BCUT2D eigenvalue weighted by atomic mass is 10.3. The van der Waals surface area contributed by atoms with Gasteiger partial charge in [-0.05, 0) is 6.42 Å². The molecule has 0 atom stereocenters. The molecule has 0 saturated carbocycles. The van der Waals surface area contributed by atoms with Crippen molar-refractivity contribution >= 4 is 31.9 Å². The van der Waals surface area contributed by atoms with Gasteiger partial charge in [0.15, 0.2) is 0 Å². The Kier molecular flexibility index (Phi) is 6.30. The molecule has 1 amide bonds. The molecular weight excluding hydrogens is 272 g/mol. The second-order valence-electron chi connectivity index (χ2n) is 2.87. The maximum Gasteiger partial charge on any atom is 0.232 e. The van der Waals surface area contributed by atoms with E-state index in [4.69, 9.17) is 5.73 Å². The summed E-state index contributed by atoms with van der Waals surface area (Å²) in [6, 6.07) is 0. The smallest absolute Gasteiger partial charge is 0.232 e. The Balaban J connectivity index is 4.46. The van der Waals surface area contributed by atoms with E-state index in [1.165, 1.54) is 0 Å². The predicted octanol–water partition coefficient (Wildman–Crippen LogP) is 0.256. The van der Waals surface area contributed by atoms with E-state index in [0.717, 1.165) is 17.1 Å². The lowest BCUT2D eigenvalue weighted by Crippen LogP contribution is -2.39. The molecule has 0 aromatic rings. The van der Waals surface area contributed by atoms with E-state index in [2.05, 4.69) is 15.9 Å². The average Bonchev–Trinajstić information content (AvgIpc) is 2.11. The highest BCUT2D eigenvalue weighted by Crippen LogP contribution is 2.06. The van der Waals surface area contributed by atoms with Gasteiger partial charge in [0, 0.05) is 6.54 Å². The number of carbonyl (C=O) groups is 1. The monoisotopic (exact) mass is 286 g/mol. The number of carbonyl (C=O) groups excluding carboxylic acids is 1. The summed E-state index contributed by atoms with van der Waals surface area (Å²) in [5, 5.41) is 0. The van der Waals surface area contributed by atoms with Crippen LogP contribution in [0.25, 0.3) is 0 Å². The van der Waals surface area contributed by atoms with Crippen molar-refractivity contribution < 1.29 is 13.2 Å². The minimum atomic E-state index is -3.38. The molecular formula is C7H15BrN2O3S. The summed E-state index contributed by atoms with van der Waals surface area (Å²) >= 11 is 2.87. The van der Waals surface area contributed by atoms with Crippen molar-refractivity contribution in [3.8, 4) is 0 Å². The molecule has 0 aromatic carbocycles. The second-order valence-corrected chi connectivity index (χ2v) is 6.15. The highest BCUT2D eigenvalue weighted by molar-refractivity contribution is 9.10. The molecule has 2 N–H and O–H groups in total. The molecule has 0 aliphatic rings. The normalized spacial score (nSPS) is 11.9. The first-order valence-corrected chi connectivity index (χ1v) is 6.99. The third-order valence-corrected chi connectivity index (χ3v) is 4.73. The lowest BCUT2D eigenvalue weighted by molar-refractivity contribution is -0.118. The van der Waals surface area contributed by atoms with Gasteiger partial charge in [-0.25, -0.2) is 8.42 Å². The maximum absolute atomic E-state index is 11.4. The number of halogens is 1. The molecule has 0 saturated heterocycles. The summed E-state index contributed by atoms with van der Waals surface area (Å²) in [5.41, 5.74) is 4.96. The van der Waals surface area contributed by atoms with E-state index < -0.39 is 15.9 Å². The summed E-state index contributed by atoms with van der Waals surface area (Å²) in [7, 11) is -3.38. The summed E-state index contributed by atoms with van der Waals surface area (Å²) in [4.78, 5) is 10.6. The van der Waals surface area contributed by atoms with Gasteiger partial charge in [0.2, 0.25) is 15.9 Å². The fourth-order valence-corrected chi connectivity index (χ4v) is 2.63. The van der Waals surface area contributed by atoms with E-state index in [0.29, 0.717) is 6.54 Å². The third-order valence-electron chi connectivity index (χ3n) is 1.62. The number of primary amides is 1. The van der Waals surface area contributed by atoms with E-state index in [-0.39, 0.29) is 11.2 Å². The Labute approximate surface area is 92.8 Å². The molecule has 0 fully saturated rings. The zero-order valence-electron chi connectivity index (χ0n) is 8.07. The number of hydrogen-bond acceptors (Lipinski definition) is 3. The van der Waals surface area contributed by atoms with Gasteiger partial charge < -0.3 is 5.73 Å². The highest BCUT2D eigenvalue weighted by Gasteiger charge is 2.21. The number of nitrogens with zero attached hydrogens (tertiary/aromatic N) is 1.